The van der Waals surface area contributed by atoms with Crippen LogP contribution in [-0.4, -0.2) is 41.0 Å². The molecule has 2 rings (SSSR count). The molecule has 24 heavy (non-hydrogen) atoms. The zero-order valence-electron chi connectivity index (χ0n) is 13.1. The van der Waals surface area contributed by atoms with Crippen LogP contribution in [0.4, 0.5) is 18.9 Å². The summed E-state index contributed by atoms with van der Waals surface area (Å²) in [5, 5.41) is 11.8. The van der Waals surface area contributed by atoms with Crippen LogP contribution in [-0.2, 0) is 15.8 Å². The maximum Gasteiger partial charge on any atom is 0.416 e. The zero-order chi connectivity index (χ0) is 17.9. The molecule has 1 fully saturated rings. The summed E-state index contributed by atoms with van der Waals surface area (Å²) in [6.45, 7) is 2.27. The van der Waals surface area contributed by atoms with Crippen LogP contribution in [0.1, 0.15) is 25.3 Å². The Bertz CT molecular complexity index is 617. The molecular weight excluding hydrogens is 325 g/mol. The summed E-state index contributed by atoms with van der Waals surface area (Å²) < 4.78 is 38.0. The molecule has 8 heteroatoms. The Labute approximate surface area is 137 Å². The predicted octanol–water partition coefficient (Wildman–Crippen LogP) is 2.26. The molecule has 2 unspecified atom stereocenters. The number of alkyl halides is 3. The Balaban J connectivity index is 2.03. The van der Waals surface area contributed by atoms with Gasteiger partial charge in [0.05, 0.1) is 11.7 Å². The number of aliphatic hydroxyl groups excluding tert-OH is 1. The number of halogens is 3. The number of carbonyl (C=O) groups is 2. The van der Waals surface area contributed by atoms with Crippen molar-refractivity contribution < 1.29 is 27.9 Å². The van der Waals surface area contributed by atoms with E-state index >= 15 is 0 Å². The van der Waals surface area contributed by atoms with Crippen molar-refractivity contribution in [3.8, 4) is 0 Å². The molecule has 0 spiro atoms. The first-order chi connectivity index (χ1) is 11.2. The van der Waals surface area contributed by atoms with Crippen LogP contribution < -0.4 is 5.32 Å². The molecule has 1 aliphatic heterocycles. The fraction of sp³-hybridized carbons (Fsp3) is 0.500. The van der Waals surface area contributed by atoms with Gasteiger partial charge in [0.2, 0.25) is 0 Å². The van der Waals surface area contributed by atoms with Crippen LogP contribution >= 0.6 is 0 Å². The van der Waals surface area contributed by atoms with Crippen LogP contribution in [0.25, 0.3) is 0 Å². The van der Waals surface area contributed by atoms with Gasteiger partial charge in [-0.3, -0.25) is 9.59 Å². The quantitative estimate of drug-likeness (QED) is 0.809. The molecule has 1 heterocycles. The number of nitrogens with one attached hydrogen (secondary N) is 1. The minimum atomic E-state index is -4.53. The summed E-state index contributed by atoms with van der Waals surface area (Å²) in [4.78, 5) is 25.5. The van der Waals surface area contributed by atoms with Crippen molar-refractivity contribution in [1.82, 2.24) is 4.90 Å². The molecule has 1 aromatic carbocycles. The lowest BCUT2D eigenvalue weighted by atomic mass is 9.93. The molecule has 132 valence electrons. The molecule has 5 nitrogen and oxygen atoms in total. The maximum atomic E-state index is 12.7. The second kappa shape index (κ2) is 7.21. The fourth-order valence-electron chi connectivity index (χ4n) is 2.69. The largest absolute Gasteiger partial charge is 0.416 e. The average molecular weight is 344 g/mol. The van der Waals surface area contributed by atoms with Crippen molar-refractivity contribution in [1.29, 1.82) is 0 Å². The second-order valence-electron chi connectivity index (χ2n) is 5.93. The van der Waals surface area contributed by atoms with Gasteiger partial charge in [-0.05, 0) is 38.0 Å². The van der Waals surface area contributed by atoms with Gasteiger partial charge in [0.1, 0.15) is 0 Å². The lowest BCUT2D eigenvalue weighted by Crippen LogP contribution is -2.47. The lowest BCUT2D eigenvalue weighted by Gasteiger charge is -2.33. The first-order valence-electron chi connectivity index (χ1n) is 7.64. The van der Waals surface area contributed by atoms with E-state index in [-0.39, 0.29) is 18.2 Å². The van der Waals surface area contributed by atoms with Gasteiger partial charge in [0, 0.05) is 24.7 Å². The summed E-state index contributed by atoms with van der Waals surface area (Å²) >= 11 is 0. The molecule has 0 radical (unpaired) electrons. The summed E-state index contributed by atoms with van der Waals surface area (Å²) in [6.07, 6.45) is -3.69. The number of benzene rings is 1. The third kappa shape index (κ3) is 4.47. The predicted molar refractivity (Wildman–Crippen MR) is 81.1 cm³/mol. The molecule has 0 saturated carbocycles. The van der Waals surface area contributed by atoms with Gasteiger partial charge in [0.25, 0.3) is 0 Å². The highest BCUT2D eigenvalue weighted by Gasteiger charge is 2.32. The molecule has 2 atom stereocenters. The van der Waals surface area contributed by atoms with Gasteiger partial charge in [-0.25, -0.2) is 0 Å². The second-order valence-corrected chi connectivity index (χ2v) is 5.93. The van der Waals surface area contributed by atoms with Crippen LogP contribution in [0, 0.1) is 5.92 Å². The highest BCUT2D eigenvalue weighted by atomic mass is 19.4. The Morgan fingerprint density at radius 3 is 2.71 bits per heavy atom. The Kier molecular flexibility index (Phi) is 5.48. The van der Waals surface area contributed by atoms with Crippen LogP contribution in [0.15, 0.2) is 24.3 Å². The smallest absolute Gasteiger partial charge is 0.393 e. The first-order valence-corrected chi connectivity index (χ1v) is 7.64. The molecule has 2 amide bonds. The third-order valence-electron chi connectivity index (χ3n) is 4.07. The van der Waals surface area contributed by atoms with Crippen LogP contribution in [0.3, 0.4) is 0 Å². The van der Waals surface area contributed by atoms with Crippen molar-refractivity contribution in [2.45, 2.75) is 32.0 Å². The van der Waals surface area contributed by atoms with E-state index in [1.54, 1.807) is 6.92 Å². The normalized spacial score (nSPS) is 19.7. The standard InChI is InChI=1S/C16H19F3N2O3/c1-10(22)11-4-3-7-21(9-11)15(24)14(23)20-13-6-2-5-12(8-13)16(17,18)19/h2,5-6,8,10-11,22H,3-4,7,9H2,1H3,(H,20,23). The Morgan fingerprint density at radius 1 is 1.38 bits per heavy atom. The topological polar surface area (TPSA) is 69.6 Å². The number of hydrogen-bond acceptors (Lipinski definition) is 3. The van der Waals surface area contributed by atoms with E-state index in [2.05, 4.69) is 5.32 Å². The number of nitrogens with zero attached hydrogens (tertiary/aromatic N) is 1. The van der Waals surface area contributed by atoms with Gasteiger partial charge in [0.15, 0.2) is 0 Å². The number of carbonyl (C=O) groups excluding carboxylic acids is 2. The molecule has 0 bridgehead atoms. The Morgan fingerprint density at radius 2 is 2.08 bits per heavy atom. The monoisotopic (exact) mass is 344 g/mol. The number of anilines is 1. The van der Waals surface area contributed by atoms with Crippen molar-refractivity contribution in [3.05, 3.63) is 29.8 Å². The summed E-state index contributed by atoms with van der Waals surface area (Å²) in [6, 6.07) is 4.11. The number of rotatable bonds is 2. The maximum absolute atomic E-state index is 12.7. The molecule has 0 aliphatic carbocycles. The third-order valence-corrected chi connectivity index (χ3v) is 4.07. The van der Waals surface area contributed by atoms with E-state index in [1.165, 1.54) is 11.0 Å². The Hall–Kier alpha value is -2.09. The van der Waals surface area contributed by atoms with Crippen molar-refractivity contribution in [2.75, 3.05) is 18.4 Å². The van der Waals surface area contributed by atoms with E-state index in [4.69, 9.17) is 0 Å². The molecule has 0 aromatic heterocycles. The van der Waals surface area contributed by atoms with Gasteiger partial charge < -0.3 is 15.3 Å². The van der Waals surface area contributed by atoms with Crippen molar-refractivity contribution in [2.24, 2.45) is 5.92 Å². The average Bonchev–Trinajstić information content (AvgIpc) is 2.53. The zero-order valence-corrected chi connectivity index (χ0v) is 13.1. The number of amides is 2. The highest BCUT2D eigenvalue weighted by molar-refractivity contribution is 6.39. The van der Waals surface area contributed by atoms with Gasteiger partial charge >= 0.3 is 18.0 Å². The fourth-order valence-corrected chi connectivity index (χ4v) is 2.69. The highest BCUT2D eigenvalue weighted by Crippen LogP contribution is 2.30. The lowest BCUT2D eigenvalue weighted by molar-refractivity contribution is -0.144. The van der Waals surface area contributed by atoms with Crippen molar-refractivity contribution >= 4 is 17.5 Å². The van der Waals surface area contributed by atoms with E-state index in [1.807, 2.05) is 0 Å². The van der Waals surface area contributed by atoms with Crippen molar-refractivity contribution in [3.63, 3.8) is 0 Å². The van der Waals surface area contributed by atoms with E-state index in [0.717, 1.165) is 24.6 Å². The number of hydrogen-bond donors (Lipinski definition) is 2. The van der Waals surface area contributed by atoms with E-state index in [9.17, 15) is 27.9 Å². The number of likely N-dealkylation sites (tertiary alicyclic amines) is 1. The van der Waals surface area contributed by atoms with E-state index < -0.39 is 29.7 Å². The van der Waals surface area contributed by atoms with Gasteiger partial charge in [-0.2, -0.15) is 13.2 Å². The SMILES string of the molecule is CC(O)C1CCCN(C(=O)C(=O)Nc2cccc(C(F)(F)F)c2)C1. The number of aliphatic hydroxyl groups is 1. The molecule has 1 aromatic rings. The summed E-state index contributed by atoms with van der Waals surface area (Å²) in [5.41, 5.74) is -0.993. The minimum absolute atomic E-state index is 0.0905. The molecular formula is C16H19F3N2O3. The summed E-state index contributed by atoms with van der Waals surface area (Å²) in [7, 11) is 0. The minimum Gasteiger partial charge on any atom is -0.393 e. The van der Waals surface area contributed by atoms with Gasteiger partial charge in [-0.1, -0.05) is 6.07 Å². The van der Waals surface area contributed by atoms with Gasteiger partial charge in [-0.15, -0.1) is 0 Å². The van der Waals surface area contributed by atoms with Crippen LogP contribution in [0.5, 0.6) is 0 Å². The molecule has 2 N–H and O–H groups in total. The number of piperidine rings is 1. The van der Waals surface area contributed by atoms with E-state index in [0.29, 0.717) is 13.0 Å². The summed E-state index contributed by atoms with van der Waals surface area (Å²) in [5.74, 6) is -1.90. The first kappa shape index (κ1) is 18.3. The molecule has 1 saturated heterocycles. The molecule has 1 aliphatic rings. The van der Waals surface area contributed by atoms with Crippen LogP contribution in [0.2, 0.25) is 0 Å².